The van der Waals surface area contributed by atoms with Gasteiger partial charge in [-0.2, -0.15) is 0 Å². The second-order valence-electron chi connectivity index (χ2n) is 3.54. The maximum atomic E-state index is 11.1. The number of methoxy groups -OCH3 is 1. The van der Waals surface area contributed by atoms with Gasteiger partial charge in [-0.15, -0.1) is 0 Å². The topological polar surface area (TPSA) is 84.9 Å². The van der Waals surface area contributed by atoms with E-state index in [9.17, 15) is 9.59 Å². The molecule has 0 heterocycles. The summed E-state index contributed by atoms with van der Waals surface area (Å²) in [4.78, 5) is 21.6. The van der Waals surface area contributed by atoms with Crippen LogP contribution in [-0.2, 0) is 9.59 Å². The zero-order valence-corrected chi connectivity index (χ0v) is 10.7. The fraction of sp³-hybridized carbons (Fsp3) is 0.231. The molecule has 0 bridgehead atoms. The molecule has 0 aromatic heterocycles. The van der Waals surface area contributed by atoms with Crippen LogP contribution in [0.15, 0.2) is 24.3 Å². The van der Waals surface area contributed by atoms with Gasteiger partial charge in [0.05, 0.1) is 7.11 Å². The average Bonchev–Trinajstić information content (AvgIpc) is 2.42. The van der Waals surface area contributed by atoms with E-state index in [1.807, 2.05) is 0 Å². The molecule has 0 saturated carbocycles. The van der Waals surface area contributed by atoms with E-state index in [4.69, 9.17) is 14.6 Å². The molecule has 19 heavy (non-hydrogen) atoms. The third-order valence-corrected chi connectivity index (χ3v) is 2.26. The van der Waals surface area contributed by atoms with Crippen LogP contribution in [0.4, 0.5) is 0 Å². The smallest absolute Gasteiger partial charge is 0.328 e. The number of carbonyl (C=O) groups excluding carboxylic acids is 1. The Balaban J connectivity index is 2.94. The first-order chi connectivity index (χ1) is 9.06. The molecule has 0 atom stereocenters. The van der Waals surface area contributed by atoms with Crippen LogP contribution in [0.5, 0.6) is 11.5 Å². The van der Waals surface area contributed by atoms with Gasteiger partial charge in [0.1, 0.15) is 11.5 Å². The van der Waals surface area contributed by atoms with Crippen LogP contribution < -0.4 is 14.8 Å². The molecular weight excluding hydrogens is 250 g/mol. The first kappa shape index (κ1) is 14.6. The highest BCUT2D eigenvalue weighted by molar-refractivity contribution is 5.86. The van der Waals surface area contributed by atoms with Crippen molar-refractivity contribution < 1.29 is 24.2 Å². The van der Waals surface area contributed by atoms with Gasteiger partial charge in [0.25, 0.3) is 5.91 Å². The van der Waals surface area contributed by atoms with Crippen molar-refractivity contribution >= 4 is 18.0 Å². The van der Waals surface area contributed by atoms with Gasteiger partial charge in [0.2, 0.25) is 0 Å². The molecule has 102 valence electrons. The maximum absolute atomic E-state index is 11.1. The molecule has 0 saturated heterocycles. The molecule has 2 N–H and O–H groups in total. The number of benzene rings is 1. The molecule has 1 amide bonds. The van der Waals surface area contributed by atoms with Crippen LogP contribution in [0.2, 0.25) is 0 Å². The molecule has 0 aliphatic carbocycles. The largest absolute Gasteiger partial charge is 0.497 e. The predicted molar refractivity (Wildman–Crippen MR) is 69.2 cm³/mol. The van der Waals surface area contributed by atoms with Crippen molar-refractivity contribution in [2.75, 3.05) is 20.8 Å². The second-order valence-corrected chi connectivity index (χ2v) is 3.54. The Morgan fingerprint density at radius 2 is 2.16 bits per heavy atom. The quantitative estimate of drug-likeness (QED) is 0.747. The average molecular weight is 265 g/mol. The molecule has 0 unspecified atom stereocenters. The molecular formula is C13H15NO5. The summed E-state index contributed by atoms with van der Waals surface area (Å²) in [6.07, 6.45) is 2.37. The molecule has 0 radical (unpaired) electrons. The summed E-state index contributed by atoms with van der Waals surface area (Å²) in [5, 5.41) is 11.1. The van der Waals surface area contributed by atoms with Crippen molar-refractivity contribution in [2.24, 2.45) is 0 Å². The molecule has 0 aliphatic heterocycles. The number of aliphatic carboxylic acids is 1. The van der Waals surface area contributed by atoms with Gasteiger partial charge >= 0.3 is 5.97 Å². The van der Waals surface area contributed by atoms with Crippen molar-refractivity contribution in [3.8, 4) is 11.5 Å². The first-order valence-electron chi connectivity index (χ1n) is 5.49. The number of hydrogen-bond donors (Lipinski definition) is 2. The number of nitrogens with one attached hydrogen (secondary N) is 1. The number of rotatable bonds is 6. The molecule has 1 aromatic carbocycles. The van der Waals surface area contributed by atoms with Crippen LogP contribution in [-0.4, -0.2) is 37.7 Å². The van der Waals surface area contributed by atoms with E-state index in [-0.39, 0.29) is 12.5 Å². The second kappa shape index (κ2) is 7.05. The summed E-state index contributed by atoms with van der Waals surface area (Å²) in [7, 11) is 3.01. The Labute approximate surface area is 110 Å². The third-order valence-electron chi connectivity index (χ3n) is 2.26. The minimum atomic E-state index is -1.07. The van der Waals surface area contributed by atoms with Gasteiger partial charge in [0, 0.05) is 18.7 Å². The number of carboxylic acids is 1. The van der Waals surface area contributed by atoms with Gasteiger partial charge in [-0.05, 0) is 24.3 Å². The SMILES string of the molecule is CNC(=O)COc1ccc(OC)cc1/C=C/C(=O)O. The van der Waals surface area contributed by atoms with E-state index in [0.29, 0.717) is 17.1 Å². The number of carboxylic acid groups (broad SMARTS) is 1. The van der Waals surface area contributed by atoms with Crippen molar-refractivity contribution in [3.05, 3.63) is 29.8 Å². The number of carbonyl (C=O) groups is 2. The Kier molecular flexibility index (Phi) is 5.40. The van der Waals surface area contributed by atoms with E-state index in [1.54, 1.807) is 18.2 Å². The summed E-state index contributed by atoms with van der Waals surface area (Å²) >= 11 is 0. The van der Waals surface area contributed by atoms with Crippen molar-refractivity contribution in [3.63, 3.8) is 0 Å². The minimum absolute atomic E-state index is 0.142. The molecule has 0 spiro atoms. The number of amides is 1. The van der Waals surface area contributed by atoms with Crippen LogP contribution in [0.25, 0.3) is 6.08 Å². The van der Waals surface area contributed by atoms with E-state index in [1.165, 1.54) is 20.2 Å². The van der Waals surface area contributed by atoms with Crippen molar-refractivity contribution in [1.29, 1.82) is 0 Å². The molecule has 1 rings (SSSR count). The monoisotopic (exact) mass is 265 g/mol. The van der Waals surface area contributed by atoms with E-state index < -0.39 is 5.97 Å². The first-order valence-corrected chi connectivity index (χ1v) is 5.49. The highest BCUT2D eigenvalue weighted by Crippen LogP contribution is 2.25. The zero-order valence-electron chi connectivity index (χ0n) is 10.7. The highest BCUT2D eigenvalue weighted by atomic mass is 16.5. The lowest BCUT2D eigenvalue weighted by molar-refractivity contribution is -0.131. The van der Waals surface area contributed by atoms with E-state index in [2.05, 4.69) is 5.32 Å². The normalized spacial score (nSPS) is 10.2. The third kappa shape index (κ3) is 4.71. The van der Waals surface area contributed by atoms with E-state index in [0.717, 1.165) is 6.08 Å². The summed E-state index contributed by atoms with van der Waals surface area (Å²) in [5.41, 5.74) is 0.519. The Bertz CT molecular complexity index is 496. The standard InChI is InChI=1S/C13H15NO5/c1-14-12(15)8-19-11-5-4-10(18-2)7-9(11)3-6-13(16)17/h3-7H,8H2,1-2H3,(H,14,15)(H,16,17)/b6-3+. The van der Waals surface area contributed by atoms with Crippen LogP contribution in [0, 0.1) is 0 Å². The lowest BCUT2D eigenvalue weighted by atomic mass is 10.1. The molecule has 6 heteroatoms. The summed E-state index contributed by atoms with van der Waals surface area (Å²) in [5.74, 6) is -0.372. The number of ether oxygens (including phenoxy) is 2. The number of likely N-dealkylation sites (N-methyl/N-ethyl adjacent to an activating group) is 1. The summed E-state index contributed by atoms with van der Waals surface area (Å²) < 4.78 is 10.4. The summed E-state index contributed by atoms with van der Waals surface area (Å²) in [6.45, 7) is -0.142. The molecule has 6 nitrogen and oxygen atoms in total. The lowest BCUT2D eigenvalue weighted by Gasteiger charge is -2.10. The Morgan fingerprint density at radius 3 is 2.74 bits per heavy atom. The Morgan fingerprint density at radius 1 is 1.42 bits per heavy atom. The molecule has 0 fully saturated rings. The lowest BCUT2D eigenvalue weighted by Crippen LogP contribution is -2.25. The molecule has 0 aliphatic rings. The fourth-order valence-electron chi connectivity index (χ4n) is 1.29. The van der Waals surface area contributed by atoms with Crippen LogP contribution >= 0.6 is 0 Å². The van der Waals surface area contributed by atoms with Gasteiger partial charge in [0.15, 0.2) is 6.61 Å². The van der Waals surface area contributed by atoms with Gasteiger partial charge in [-0.3, -0.25) is 4.79 Å². The zero-order chi connectivity index (χ0) is 14.3. The van der Waals surface area contributed by atoms with Crippen molar-refractivity contribution in [1.82, 2.24) is 5.32 Å². The van der Waals surface area contributed by atoms with Gasteiger partial charge < -0.3 is 19.9 Å². The van der Waals surface area contributed by atoms with Crippen molar-refractivity contribution in [2.45, 2.75) is 0 Å². The maximum Gasteiger partial charge on any atom is 0.328 e. The minimum Gasteiger partial charge on any atom is -0.497 e. The predicted octanol–water partition coefficient (Wildman–Crippen LogP) is 0.918. The molecule has 1 aromatic rings. The summed E-state index contributed by atoms with van der Waals surface area (Å²) in [6, 6.07) is 4.90. The number of hydrogen-bond acceptors (Lipinski definition) is 4. The highest BCUT2D eigenvalue weighted by Gasteiger charge is 2.06. The van der Waals surface area contributed by atoms with E-state index >= 15 is 0 Å². The fourth-order valence-corrected chi connectivity index (χ4v) is 1.29. The van der Waals surface area contributed by atoms with Gasteiger partial charge in [-0.1, -0.05) is 0 Å². The van der Waals surface area contributed by atoms with Crippen LogP contribution in [0.3, 0.4) is 0 Å². The Hall–Kier alpha value is -2.50. The van der Waals surface area contributed by atoms with Gasteiger partial charge in [-0.25, -0.2) is 4.79 Å². The van der Waals surface area contributed by atoms with Crippen LogP contribution in [0.1, 0.15) is 5.56 Å².